The maximum absolute atomic E-state index is 12.1. The Morgan fingerprint density at radius 1 is 1.33 bits per heavy atom. The number of carbonyl (C=O) groups is 1. The fourth-order valence-electron chi connectivity index (χ4n) is 2.42. The molecular formula is C15H17NO3S2. The summed E-state index contributed by atoms with van der Waals surface area (Å²) in [6.07, 6.45) is 0.752. The van der Waals surface area contributed by atoms with Crippen LogP contribution < -0.4 is 5.32 Å². The molecule has 0 radical (unpaired) electrons. The summed E-state index contributed by atoms with van der Waals surface area (Å²) in [6, 6.07) is 7.61. The van der Waals surface area contributed by atoms with E-state index in [-0.39, 0.29) is 18.4 Å². The predicted molar refractivity (Wildman–Crippen MR) is 83.6 cm³/mol. The zero-order chi connectivity index (χ0) is 14.7. The van der Waals surface area contributed by atoms with Gasteiger partial charge >= 0.3 is 0 Å². The molecule has 0 aliphatic carbocycles. The lowest BCUT2D eigenvalue weighted by molar-refractivity contribution is -0.125. The van der Waals surface area contributed by atoms with Crippen LogP contribution in [0.25, 0.3) is 0 Å². The third-order valence-corrected chi connectivity index (χ3v) is 5.72. The van der Waals surface area contributed by atoms with Gasteiger partial charge in [-0.15, -0.1) is 22.7 Å². The minimum absolute atomic E-state index is 0.0426. The summed E-state index contributed by atoms with van der Waals surface area (Å²) < 4.78 is 5.24. The van der Waals surface area contributed by atoms with Crippen molar-refractivity contribution < 1.29 is 14.6 Å². The van der Waals surface area contributed by atoms with E-state index in [9.17, 15) is 9.90 Å². The second kappa shape index (κ2) is 6.27. The highest BCUT2D eigenvalue weighted by atomic mass is 32.1. The van der Waals surface area contributed by atoms with Crippen molar-refractivity contribution in [3.63, 3.8) is 0 Å². The molecule has 21 heavy (non-hydrogen) atoms. The normalized spacial score (nSPS) is 18.8. The van der Waals surface area contributed by atoms with E-state index < -0.39 is 5.60 Å². The highest BCUT2D eigenvalue weighted by molar-refractivity contribution is 7.11. The van der Waals surface area contributed by atoms with Gasteiger partial charge in [0.25, 0.3) is 0 Å². The monoisotopic (exact) mass is 323 g/mol. The van der Waals surface area contributed by atoms with E-state index in [1.165, 1.54) is 22.7 Å². The molecule has 0 spiro atoms. The third-order valence-electron chi connectivity index (χ3n) is 3.68. The number of nitrogens with one attached hydrogen (secondary N) is 1. The van der Waals surface area contributed by atoms with E-state index in [0.717, 1.165) is 16.2 Å². The van der Waals surface area contributed by atoms with E-state index in [0.29, 0.717) is 13.2 Å². The largest absolute Gasteiger partial charge is 0.381 e. The van der Waals surface area contributed by atoms with Crippen LogP contribution in [0, 0.1) is 5.92 Å². The van der Waals surface area contributed by atoms with E-state index in [4.69, 9.17) is 4.74 Å². The van der Waals surface area contributed by atoms with Gasteiger partial charge in [-0.1, -0.05) is 12.1 Å². The summed E-state index contributed by atoms with van der Waals surface area (Å²) in [7, 11) is 0. The Hall–Kier alpha value is -1.21. The molecule has 3 heterocycles. The molecule has 1 atom stereocenters. The lowest BCUT2D eigenvalue weighted by atomic mass is 9.99. The van der Waals surface area contributed by atoms with Crippen molar-refractivity contribution in [1.82, 2.24) is 5.32 Å². The molecule has 6 heteroatoms. The Labute approximate surface area is 131 Å². The molecule has 0 unspecified atom stereocenters. The molecule has 112 valence electrons. The quantitative estimate of drug-likeness (QED) is 0.887. The first-order valence-corrected chi connectivity index (χ1v) is 8.62. The van der Waals surface area contributed by atoms with Crippen LogP contribution in [0.3, 0.4) is 0 Å². The first-order valence-electron chi connectivity index (χ1n) is 6.86. The minimum Gasteiger partial charge on any atom is -0.381 e. The first-order chi connectivity index (χ1) is 10.2. The van der Waals surface area contributed by atoms with Crippen molar-refractivity contribution in [2.75, 3.05) is 19.8 Å². The highest BCUT2D eigenvalue weighted by Gasteiger charge is 2.35. The molecule has 1 saturated heterocycles. The van der Waals surface area contributed by atoms with Gasteiger partial charge in [-0.3, -0.25) is 4.79 Å². The number of ether oxygens (including phenoxy) is 1. The number of thiophene rings is 2. The average molecular weight is 323 g/mol. The molecule has 4 nitrogen and oxygen atoms in total. The van der Waals surface area contributed by atoms with Crippen LogP contribution in [0.2, 0.25) is 0 Å². The molecule has 2 N–H and O–H groups in total. The summed E-state index contributed by atoms with van der Waals surface area (Å²) >= 11 is 2.99. The summed E-state index contributed by atoms with van der Waals surface area (Å²) in [5.74, 6) is -0.139. The Balaban J connectivity index is 1.76. The number of amides is 1. The fourth-order valence-corrected chi connectivity index (χ4v) is 4.16. The maximum atomic E-state index is 12.1. The molecule has 1 aliphatic heterocycles. The Morgan fingerprint density at radius 2 is 2.00 bits per heavy atom. The molecule has 0 aromatic carbocycles. The summed E-state index contributed by atoms with van der Waals surface area (Å²) in [6.45, 7) is 1.30. The van der Waals surface area contributed by atoms with Crippen molar-refractivity contribution in [2.45, 2.75) is 12.0 Å². The van der Waals surface area contributed by atoms with Gasteiger partial charge in [0.2, 0.25) is 5.91 Å². The van der Waals surface area contributed by atoms with Gasteiger partial charge in [0.1, 0.15) is 5.60 Å². The molecule has 2 aromatic rings. The predicted octanol–water partition coefficient (Wildman–Crippen LogP) is 2.20. The number of hydrogen-bond donors (Lipinski definition) is 2. The lowest BCUT2D eigenvalue weighted by Gasteiger charge is -2.27. The standard InChI is InChI=1S/C15H17NO3S2/c17-14(11-5-6-19-9-11)16-10-15(18,12-3-1-7-20-12)13-4-2-8-21-13/h1-4,7-8,11,18H,5-6,9-10H2,(H,16,17)/t11-/m0/s1. The fraction of sp³-hybridized carbons (Fsp3) is 0.400. The zero-order valence-corrected chi connectivity index (χ0v) is 13.1. The molecule has 2 aromatic heterocycles. The minimum atomic E-state index is -1.16. The Morgan fingerprint density at radius 3 is 2.48 bits per heavy atom. The van der Waals surface area contributed by atoms with Crippen LogP contribution >= 0.6 is 22.7 Å². The average Bonchev–Trinajstić information content (AvgIpc) is 3.27. The van der Waals surface area contributed by atoms with Crippen LogP contribution in [0.1, 0.15) is 16.2 Å². The van der Waals surface area contributed by atoms with Crippen molar-refractivity contribution in [2.24, 2.45) is 5.92 Å². The highest BCUT2D eigenvalue weighted by Crippen LogP contribution is 2.35. The second-order valence-electron chi connectivity index (χ2n) is 5.09. The van der Waals surface area contributed by atoms with Gasteiger partial charge in [0.15, 0.2) is 0 Å². The van der Waals surface area contributed by atoms with Crippen molar-refractivity contribution in [3.8, 4) is 0 Å². The van der Waals surface area contributed by atoms with Crippen LogP contribution in [0.5, 0.6) is 0 Å². The van der Waals surface area contributed by atoms with Gasteiger partial charge < -0.3 is 15.2 Å². The SMILES string of the molecule is O=C(NCC(O)(c1cccs1)c1cccs1)[C@H]1CCOC1. The molecule has 1 amide bonds. The molecule has 0 bridgehead atoms. The van der Waals surface area contributed by atoms with Crippen molar-refractivity contribution >= 4 is 28.6 Å². The van der Waals surface area contributed by atoms with Crippen molar-refractivity contribution in [1.29, 1.82) is 0 Å². The number of hydrogen-bond acceptors (Lipinski definition) is 5. The maximum Gasteiger partial charge on any atom is 0.225 e. The van der Waals surface area contributed by atoms with Crippen molar-refractivity contribution in [3.05, 3.63) is 44.8 Å². The molecular weight excluding hydrogens is 306 g/mol. The topological polar surface area (TPSA) is 58.6 Å². The Bertz CT molecular complexity index is 540. The molecule has 1 fully saturated rings. The van der Waals surface area contributed by atoms with E-state index in [1.807, 2.05) is 35.0 Å². The van der Waals surface area contributed by atoms with Gasteiger partial charge in [-0.05, 0) is 29.3 Å². The summed E-state index contributed by atoms with van der Waals surface area (Å²) in [4.78, 5) is 13.8. The number of carbonyl (C=O) groups excluding carboxylic acids is 1. The van der Waals surface area contributed by atoms with E-state index >= 15 is 0 Å². The second-order valence-corrected chi connectivity index (χ2v) is 6.99. The molecule has 0 saturated carbocycles. The van der Waals surface area contributed by atoms with Crippen LogP contribution in [-0.2, 0) is 15.1 Å². The third kappa shape index (κ3) is 3.03. The van der Waals surface area contributed by atoms with E-state index in [1.54, 1.807) is 0 Å². The van der Waals surface area contributed by atoms with E-state index in [2.05, 4.69) is 5.32 Å². The Kier molecular flexibility index (Phi) is 4.40. The van der Waals surface area contributed by atoms with Crippen LogP contribution in [0.15, 0.2) is 35.0 Å². The van der Waals surface area contributed by atoms with Crippen LogP contribution in [0.4, 0.5) is 0 Å². The summed E-state index contributed by atoms with van der Waals surface area (Å²) in [5.41, 5.74) is -1.16. The summed E-state index contributed by atoms with van der Waals surface area (Å²) in [5, 5.41) is 17.8. The number of aliphatic hydroxyl groups is 1. The van der Waals surface area contributed by atoms with Gasteiger partial charge in [-0.25, -0.2) is 0 Å². The van der Waals surface area contributed by atoms with Gasteiger partial charge in [0.05, 0.1) is 19.1 Å². The zero-order valence-electron chi connectivity index (χ0n) is 11.5. The van der Waals surface area contributed by atoms with Gasteiger partial charge in [0, 0.05) is 16.4 Å². The van der Waals surface area contributed by atoms with Gasteiger partial charge in [-0.2, -0.15) is 0 Å². The smallest absolute Gasteiger partial charge is 0.225 e. The molecule has 1 aliphatic rings. The molecule has 3 rings (SSSR count). The lowest BCUT2D eigenvalue weighted by Crippen LogP contribution is -2.43. The van der Waals surface area contributed by atoms with Crippen LogP contribution in [-0.4, -0.2) is 30.8 Å². The number of rotatable bonds is 5. The first kappa shape index (κ1) is 14.7.